The number of hydrogen-bond donors (Lipinski definition) is 1. The molecule has 0 fully saturated rings. The molecule has 4 heteroatoms. The van der Waals surface area contributed by atoms with Crippen LogP contribution in [0.4, 0.5) is 0 Å². The van der Waals surface area contributed by atoms with Gasteiger partial charge in [-0.1, -0.05) is 24.3 Å². The number of ketones is 1. The van der Waals surface area contributed by atoms with Gasteiger partial charge in [-0.2, -0.15) is 0 Å². The van der Waals surface area contributed by atoms with E-state index in [0.29, 0.717) is 19.6 Å². The predicted molar refractivity (Wildman–Crippen MR) is 71.3 cm³/mol. The summed E-state index contributed by atoms with van der Waals surface area (Å²) in [5.41, 5.74) is 1.89. The van der Waals surface area contributed by atoms with Crippen LogP contribution in [0.1, 0.15) is 22.3 Å². The monoisotopic (exact) mass is 264 g/mol. The zero-order valence-electron chi connectivity index (χ0n) is 11.2. The van der Waals surface area contributed by atoms with Crippen molar-refractivity contribution in [2.24, 2.45) is 5.92 Å². The Labute approximate surface area is 113 Å². The number of hydrogen-bond acceptors (Lipinski definition) is 4. The Bertz CT molecular complexity index is 430. The summed E-state index contributed by atoms with van der Waals surface area (Å²) in [5, 5.41) is 9.89. The van der Waals surface area contributed by atoms with Crippen molar-refractivity contribution < 1.29 is 19.4 Å². The average Bonchev–Trinajstić information content (AvgIpc) is 2.72. The van der Waals surface area contributed by atoms with E-state index in [1.165, 1.54) is 0 Å². The fourth-order valence-corrected chi connectivity index (χ4v) is 2.47. The van der Waals surface area contributed by atoms with Crippen LogP contribution < -0.4 is 0 Å². The number of ether oxygens (including phenoxy) is 2. The minimum atomic E-state index is -0.597. The lowest BCUT2D eigenvalue weighted by molar-refractivity contribution is 0.00532. The van der Waals surface area contributed by atoms with Crippen LogP contribution in [0.3, 0.4) is 0 Å². The number of aliphatic hydroxyl groups is 1. The van der Waals surface area contributed by atoms with Crippen molar-refractivity contribution in [3.05, 3.63) is 35.4 Å². The summed E-state index contributed by atoms with van der Waals surface area (Å²) in [7, 11) is 1.61. The van der Waals surface area contributed by atoms with Gasteiger partial charge in [0.1, 0.15) is 0 Å². The minimum absolute atomic E-state index is 0.113. The van der Waals surface area contributed by atoms with Crippen LogP contribution in [0.5, 0.6) is 0 Å². The number of rotatable bonds is 7. The molecule has 0 saturated heterocycles. The van der Waals surface area contributed by atoms with Crippen LogP contribution in [-0.2, 0) is 15.9 Å². The highest BCUT2D eigenvalue weighted by atomic mass is 16.5. The average molecular weight is 264 g/mol. The van der Waals surface area contributed by atoms with Gasteiger partial charge >= 0.3 is 0 Å². The van der Waals surface area contributed by atoms with Crippen LogP contribution in [0.15, 0.2) is 24.3 Å². The molecule has 2 rings (SSSR count). The van der Waals surface area contributed by atoms with E-state index in [9.17, 15) is 9.90 Å². The maximum absolute atomic E-state index is 12.1. The zero-order chi connectivity index (χ0) is 13.7. The van der Waals surface area contributed by atoms with Gasteiger partial charge in [-0.3, -0.25) is 4.79 Å². The molecule has 0 radical (unpaired) electrons. The lowest BCUT2D eigenvalue weighted by Crippen LogP contribution is -2.23. The zero-order valence-corrected chi connectivity index (χ0v) is 11.2. The molecule has 1 aliphatic rings. The molecule has 1 aliphatic carbocycles. The third kappa shape index (κ3) is 3.62. The highest BCUT2D eigenvalue weighted by Gasteiger charge is 2.31. The van der Waals surface area contributed by atoms with Crippen molar-refractivity contribution in [2.45, 2.75) is 18.9 Å². The fraction of sp³-hybridized carbons (Fsp3) is 0.533. The van der Waals surface area contributed by atoms with Gasteiger partial charge in [0, 0.05) is 18.6 Å². The van der Waals surface area contributed by atoms with Gasteiger partial charge < -0.3 is 14.6 Å². The second-order valence-corrected chi connectivity index (χ2v) is 4.88. The lowest BCUT2D eigenvalue weighted by atomic mass is 9.98. The van der Waals surface area contributed by atoms with E-state index in [2.05, 4.69) is 0 Å². The van der Waals surface area contributed by atoms with E-state index in [1.807, 2.05) is 24.3 Å². The molecule has 0 aromatic heterocycles. The highest BCUT2D eigenvalue weighted by molar-refractivity contribution is 6.02. The number of fused-ring (bicyclic) bond motifs is 1. The normalized spacial score (nSPS) is 19.5. The number of carbonyl (C=O) groups excluding carboxylic acids is 1. The van der Waals surface area contributed by atoms with E-state index in [0.717, 1.165) is 17.5 Å². The van der Waals surface area contributed by atoms with E-state index >= 15 is 0 Å². The Morgan fingerprint density at radius 2 is 2.16 bits per heavy atom. The second-order valence-electron chi connectivity index (χ2n) is 4.88. The Hall–Kier alpha value is -1.23. The number of methoxy groups -OCH3 is 1. The molecule has 2 unspecified atom stereocenters. The van der Waals surface area contributed by atoms with Crippen LogP contribution in [0.25, 0.3) is 0 Å². The molecule has 0 heterocycles. The quantitative estimate of drug-likeness (QED) is 0.757. The number of carbonyl (C=O) groups is 1. The van der Waals surface area contributed by atoms with Gasteiger partial charge in [0.05, 0.1) is 25.9 Å². The molecule has 1 aromatic rings. The molecular formula is C15H20O4. The minimum Gasteiger partial charge on any atom is -0.391 e. The molecule has 1 aromatic carbocycles. The summed E-state index contributed by atoms with van der Waals surface area (Å²) in [4.78, 5) is 12.1. The van der Waals surface area contributed by atoms with Crippen LogP contribution >= 0.6 is 0 Å². The van der Waals surface area contributed by atoms with Crippen molar-refractivity contribution >= 4 is 5.78 Å². The third-order valence-corrected chi connectivity index (χ3v) is 3.42. The Morgan fingerprint density at radius 3 is 2.89 bits per heavy atom. The second kappa shape index (κ2) is 6.80. The summed E-state index contributed by atoms with van der Waals surface area (Å²) in [6.45, 7) is 1.23. The lowest BCUT2D eigenvalue weighted by Gasteiger charge is -2.14. The third-order valence-electron chi connectivity index (χ3n) is 3.42. The van der Waals surface area contributed by atoms with Gasteiger partial charge in [0.2, 0.25) is 0 Å². The summed E-state index contributed by atoms with van der Waals surface area (Å²) < 4.78 is 10.1. The number of Topliss-reactive ketones (excluding diaryl/α,β-unsaturated/α-hetero) is 1. The van der Waals surface area contributed by atoms with Crippen molar-refractivity contribution in [3.63, 3.8) is 0 Å². The van der Waals surface area contributed by atoms with Gasteiger partial charge in [0.25, 0.3) is 0 Å². The summed E-state index contributed by atoms with van der Waals surface area (Å²) in [6, 6.07) is 7.66. The molecule has 4 nitrogen and oxygen atoms in total. The Balaban J connectivity index is 1.80. The van der Waals surface area contributed by atoms with Crippen LogP contribution in [0.2, 0.25) is 0 Å². The van der Waals surface area contributed by atoms with Crippen molar-refractivity contribution in [1.29, 1.82) is 0 Å². The molecule has 104 valence electrons. The molecule has 19 heavy (non-hydrogen) atoms. The van der Waals surface area contributed by atoms with Crippen LogP contribution in [0, 0.1) is 5.92 Å². The van der Waals surface area contributed by atoms with Crippen molar-refractivity contribution in [1.82, 2.24) is 0 Å². The van der Waals surface area contributed by atoms with Gasteiger partial charge in [-0.05, 0) is 18.4 Å². The Morgan fingerprint density at radius 1 is 1.37 bits per heavy atom. The summed E-state index contributed by atoms with van der Waals surface area (Å²) >= 11 is 0. The van der Waals surface area contributed by atoms with Gasteiger partial charge in [-0.15, -0.1) is 0 Å². The predicted octanol–water partition coefficient (Wildman–Crippen LogP) is 1.46. The standard InChI is InChI=1S/C15H20O4/c1-18-6-7-19-10-13(16)9-12-8-11-4-2-3-5-14(11)15(12)17/h2-5,12-13,16H,6-10H2,1H3. The first-order valence-corrected chi connectivity index (χ1v) is 6.59. The van der Waals surface area contributed by atoms with Crippen molar-refractivity contribution in [3.8, 4) is 0 Å². The van der Waals surface area contributed by atoms with Crippen molar-refractivity contribution in [2.75, 3.05) is 26.9 Å². The molecule has 0 spiro atoms. The molecule has 2 atom stereocenters. The SMILES string of the molecule is COCCOCC(O)CC1Cc2ccccc2C1=O. The first-order chi connectivity index (χ1) is 9.22. The molecule has 0 amide bonds. The topological polar surface area (TPSA) is 55.8 Å². The van der Waals surface area contributed by atoms with E-state index in [4.69, 9.17) is 9.47 Å². The maximum atomic E-state index is 12.1. The van der Waals surface area contributed by atoms with Gasteiger partial charge in [-0.25, -0.2) is 0 Å². The van der Waals surface area contributed by atoms with Gasteiger partial charge in [0.15, 0.2) is 5.78 Å². The number of benzene rings is 1. The molecule has 0 bridgehead atoms. The first kappa shape index (κ1) is 14.2. The van der Waals surface area contributed by atoms with Crippen LogP contribution in [-0.4, -0.2) is 43.9 Å². The maximum Gasteiger partial charge on any atom is 0.166 e. The number of aliphatic hydroxyl groups excluding tert-OH is 1. The van der Waals surface area contributed by atoms with E-state index in [1.54, 1.807) is 7.11 Å². The first-order valence-electron chi connectivity index (χ1n) is 6.59. The van der Waals surface area contributed by atoms with E-state index in [-0.39, 0.29) is 18.3 Å². The molecular weight excluding hydrogens is 244 g/mol. The highest BCUT2D eigenvalue weighted by Crippen LogP contribution is 2.29. The fourth-order valence-electron chi connectivity index (χ4n) is 2.47. The molecule has 1 N–H and O–H groups in total. The summed E-state index contributed by atoms with van der Waals surface area (Å²) in [5.74, 6) is 0.0324. The summed E-state index contributed by atoms with van der Waals surface area (Å²) in [6.07, 6.45) is 0.588. The molecule has 0 saturated carbocycles. The largest absolute Gasteiger partial charge is 0.391 e. The smallest absolute Gasteiger partial charge is 0.166 e. The Kier molecular flexibility index (Phi) is 5.07. The van der Waals surface area contributed by atoms with E-state index < -0.39 is 6.10 Å². The molecule has 0 aliphatic heterocycles.